The Morgan fingerprint density at radius 1 is 1.09 bits per heavy atom. The third-order valence-electron chi connectivity index (χ3n) is 1.16. The fraction of sp³-hybridized carbons (Fsp3) is 0.875. The molecule has 0 aliphatic carbocycles. The fourth-order valence-electron chi connectivity index (χ4n) is 0.588. The number of aliphatic hydroxyl groups excluding tert-OH is 1. The number of ether oxygens (including phenoxy) is 2. The van der Waals surface area contributed by atoms with Crippen LogP contribution in [0.2, 0.25) is 0 Å². The van der Waals surface area contributed by atoms with Gasteiger partial charge in [0.15, 0.2) is 0 Å². The van der Waals surface area contributed by atoms with Crippen LogP contribution in [0.1, 0.15) is 13.3 Å². The Kier molecular flexibility index (Phi) is 9.77. The van der Waals surface area contributed by atoms with Crippen molar-refractivity contribution in [2.45, 2.75) is 13.3 Å². The van der Waals surface area contributed by atoms with Crippen LogP contribution < -0.4 is 0 Å². The van der Waals surface area contributed by atoms with Gasteiger partial charge in [-0.25, -0.2) is 0 Å². The van der Waals surface area contributed by atoms with Crippen molar-refractivity contribution in [1.29, 1.82) is 0 Å². The van der Waals surface area contributed by atoms with Crippen LogP contribution in [0.25, 0.3) is 0 Å². The van der Waals surface area contributed by atoms with Gasteiger partial charge in [0.05, 0.1) is 26.4 Å². The van der Waals surface area contributed by atoms with Gasteiger partial charge in [-0.05, 0) is 12.8 Å². The minimum absolute atomic E-state index is 0.0860. The van der Waals surface area contributed by atoms with Crippen molar-refractivity contribution in [2.75, 3.05) is 33.0 Å². The van der Waals surface area contributed by atoms with E-state index in [1.807, 2.05) is 6.92 Å². The molecule has 11 heavy (non-hydrogen) atoms. The van der Waals surface area contributed by atoms with Gasteiger partial charge in [0, 0.05) is 6.61 Å². The first-order chi connectivity index (χ1) is 5.41. The van der Waals surface area contributed by atoms with Gasteiger partial charge in [-0.2, -0.15) is 0 Å². The van der Waals surface area contributed by atoms with Crippen molar-refractivity contribution in [1.82, 2.24) is 0 Å². The van der Waals surface area contributed by atoms with Crippen LogP contribution in [0, 0.1) is 6.42 Å². The van der Waals surface area contributed by atoms with E-state index in [4.69, 9.17) is 14.6 Å². The van der Waals surface area contributed by atoms with E-state index in [2.05, 4.69) is 6.42 Å². The molecule has 0 heterocycles. The summed E-state index contributed by atoms with van der Waals surface area (Å²) in [5, 5.41) is 8.34. The van der Waals surface area contributed by atoms with Gasteiger partial charge < -0.3 is 14.6 Å². The Bertz CT molecular complexity index is 58.4. The second-order valence-corrected chi connectivity index (χ2v) is 2.15. The van der Waals surface area contributed by atoms with E-state index in [1.165, 1.54) is 0 Å². The highest BCUT2D eigenvalue weighted by molar-refractivity contribution is 4.52. The molecule has 0 amide bonds. The average molecular weight is 161 g/mol. The summed E-state index contributed by atoms with van der Waals surface area (Å²) in [5.74, 6) is 0. The van der Waals surface area contributed by atoms with Crippen LogP contribution in [0.5, 0.6) is 0 Å². The standard InChI is InChI=1S/C8H17O3/c1-2-3-5-10-7-8-11-6-4-9/h2,9H,3-8H2,1H3. The molecule has 0 aliphatic rings. The minimum Gasteiger partial charge on any atom is -0.394 e. The first-order valence-corrected chi connectivity index (χ1v) is 3.96. The topological polar surface area (TPSA) is 38.7 Å². The molecule has 0 spiro atoms. The van der Waals surface area contributed by atoms with Gasteiger partial charge >= 0.3 is 0 Å². The predicted molar refractivity (Wildman–Crippen MR) is 43.3 cm³/mol. The van der Waals surface area contributed by atoms with Crippen molar-refractivity contribution in [2.24, 2.45) is 0 Å². The lowest BCUT2D eigenvalue weighted by molar-refractivity contribution is 0.0339. The van der Waals surface area contributed by atoms with Crippen LogP contribution in [0.3, 0.4) is 0 Å². The van der Waals surface area contributed by atoms with Crippen molar-refractivity contribution < 1.29 is 14.6 Å². The maximum Gasteiger partial charge on any atom is 0.0701 e. The fourth-order valence-corrected chi connectivity index (χ4v) is 0.588. The highest BCUT2D eigenvalue weighted by Gasteiger charge is 1.87. The normalized spacial score (nSPS) is 10.4. The number of unbranched alkanes of at least 4 members (excludes halogenated alkanes) is 1. The number of aliphatic hydroxyl groups is 1. The summed E-state index contributed by atoms with van der Waals surface area (Å²) < 4.78 is 10.2. The molecule has 3 nitrogen and oxygen atoms in total. The van der Waals surface area contributed by atoms with Crippen LogP contribution in [-0.2, 0) is 9.47 Å². The molecule has 0 aromatic carbocycles. The van der Waals surface area contributed by atoms with E-state index in [0.717, 1.165) is 13.0 Å². The summed E-state index contributed by atoms with van der Waals surface area (Å²) in [6.45, 7) is 4.45. The monoisotopic (exact) mass is 161 g/mol. The molecule has 0 fully saturated rings. The van der Waals surface area contributed by atoms with Gasteiger partial charge in [-0.3, -0.25) is 0 Å². The summed E-state index contributed by atoms with van der Waals surface area (Å²) >= 11 is 0. The SMILES string of the molecule is C[CH]CCOCCOCCO. The van der Waals surface area contributed by atoms with Gasteiger partial charge in [0.1, 0.15) is 0 Å². The highest BCUT2D eigenvalue weighted by atomic mass is 16.5. The minimum atomic E-state index is 0.0860. The quantitative estimate of drug-likeness (QED) is 0.530. The number of hydrogen-bond donors (Lipinski definition) is 1. The van der Waals surface area contributed by atoms with Crippen molar-refractivity contribution in [3.8, 4) is 0 Å². The molecule has 0 unspecified atom stereocenters. The second-order valence-electron chi connectivity index (χ2n) is 2.15. The smallest absolute Gasteiger partial charge is 0.0701 e. The van der Waals surface area contributed by atoms with E-state index in [9.17, 15) is 0 Å². The van der Waals surface area contributed by atoms with Crippen LogP contribution in [0.4, 0.5) is 0 Å². The molecular formula is C8H17O3. The Hall–Kier alpha value is -0.120. The maximum absolute atomic E-state index is 8.34. The van der Waals surface area contributed by atoms with E-state index in [0.29, 0.717) is 19.8 Å². The van der Waals surface area contributed by atoms with Gasteiger partial charge in [0.25, 0.3) is 0 Å². The number of hydrogen-bond acceptors (Lipinski definition) is 3. The molecule has 0 saturated carbocycles. The molecule has 0 aliphatic heterocycles. The van der Waals surface area contributed by atoms with Crippen LogP contribution in [0.15, 0.2) is 0 Å². The lowest BCUT2D eigenvalue weighted by Crippen LogP contribution is -2.07. The van der Waals surface area contributed by atoms with Crippen LogP contribution >= 0.6 is 0 Å². The molecule has 3 heteroatoms. The zero-order chi connectivity index (χ0) is 8.36. The molecule has 67 valence electrons. The van der Waals surface area contributed by atoms with E-state index in [1.54, 1.807) is 0 Å². The third-order valence-corrected chi connectivity index (χ3v) is 1.16. The molecular weight excluding hydrogens is 144 g/mol. The lowest BCUT2D eigenvalue weighted by atomic mass is 10.4. The molecule has 0 aromatic heterocycles. The first-order valence-electron chi connectivity index (χ1n) is 3.96. The van der Waals surface area contributed by atoms with E-state index < -0.39 is 0 Å². The van der Waals surface area contributed by atoms with Crippen LogP contribution in [-0.4, -0.2) is 38.1 Å². The lowest BCUT2D eigenvalue weighted by Gasteiger charge is -2.02. The first kappa shape index (κ1) is 10.9. The molecule has 1 radical (unpaired) electrons. The Morgan fingerprint density at radius 2 is 1.73 bits per heavy atom. The molecule has 0 atom stereocenters. The summed E-state index contributed by atoms with van der Waals surface area (Å²) in [6, 6.07) is 0. The predicted octanol–water partition coefficient (Wildman–Crippen LogP) is 0.626. The molecule has 0 rings (SSSR count). The van der Waals surface area contributed by atoms with Crippen molar-refractivity contribution >= 4 is 0 Å². The Morgan fingerprint density at radius 3 is 2.27 bits per heavy atom. The Labute approximate surface area is 68.3 Å². The van der Waals surface area contributed by atoms with Crippen molar-refractivity contribution in [3.05, 3.63) is 6.42 Å². The summed E-state index contributed by atoms with van der Waals surface area (Å²) in [6.07, 6.45) is 3.05. The number of rotatable bonds is 8. The molecule has 0 saturated heterocycles. The molecule has 0 aromatic rings. The van der Waals surface area contributed by atoms with Gasteiger partial charge in [0.2, 0.25) is 0 Å². The molecule has 0 bridgehead atoms. The summed E-state index contributed by atoms with van der Waals surface area (Å²) in [7, 11) is 0. The maximum atomic E-state index is 8.34. The van der Waals surface area contributed by atoms with E-state index in [-0.39, 0.29) is 6.61 Å². The van der Waals surface area contributed by atoms with Gasteiger partial charge in [-0.1, -0.05) is 6.92 Å². The largest absolute Gasteiger partial charge is 0.394 e. The average Bonchev–Trinajstić information content (AvgIpc) is 2.03. The van der Waals surface area contributed by atoms with Crippen molar-refractivity contribution in [3.63, 3.8) is 0 Å². The second kappa shape index (κ2) is 9.88. The van der Waals surface area contributed by atoms with E-state index >= 15 is 0 Å². The Balaban J connectivity index is 2.69. The van der Waals surface area contributed by atoms with Gasteiger partial charge in [-0.15, -0.1) is 0 Å². The zero-order valence-electron chi connectivity index (χ0n) is 7.08. The zero-order valence-corrected chi connectivity index (χ0v) is 7.08. The highest BCUT2D eigenvalue weighted by Crippen LogP contribution is 1.86. The summed E-state index contributed by atoms with van der Waals surface area (Å²) in [5.41, 5.74) is 0. The molecule has 1 N–H and O–H groups in total. The summed E-state index contributed by atoms with van der Waals surface area (Å²) in [4.78, 5) is 0. The third kappa shape index (κ3) is 9.88.